The summed E-state index contributed by atoms with van der Waals surface area (Å²) in [5.41, 5.74) is 0. The third kappa shape index (κ3) is 1.72. The third-order valence-electron chi connectivity index (χ3n) is 1.37. The number of aliphatic hydroxyl groups is 1. The van der Waals surface area contributed by atoms with E-state index in [1.807, 2.05) is 0 Å². The molecule has 2 nitrogen and oxygen atoms in total. The number of rotatable bonds is 0. The molecule has 1 aliphatic carbocycles. The molecule has 0 aromatic heterocycles. The van der Waals surface area contributed by atoms with Crippen molar-refractivity contribution in [1.82, 2.24) is 0 Å². The summed E-state index contributed by atoms with van der Waals surface area (Å²) in [6.45, 7) is 0. The van der Waals surface area contributed by atoms with Crippen LogP contribution in [0.25, 0.3) is 0 Å². The number of allylic oxidation sites excluding steroid dienone is 2. The molecule has 13 heavy (non-hydrogen) atoms. The van der Waals surface area contributed by atoms with Crippen molar-refractivity contribution < 1.29 is 9.90 Å². The molecule has 1 rings (SSSR count). The highest BCUT2D eigenvalue weighted by atomic mass is 35.5. The minimum atomic E-state index is -2.20. The monoisotopic (exact) mass is 280 g/mol. The molecule has 1 N–H and O–H groups in total. The van der Waals surface area contributed by atoms with Crippen LogP contribution in [0.4, 0.5) is 0 Å². The summed E-state index contributed by atoms with van der Waals surface area (Å²) < 4.78 is 0. The van der Waals surface area contributed by atoms with Crippen LogP contribution in [-0.2, 0) is 4.79 Å². The van der Waals surface area contributed by atoms with Gasteiger partial charge in [-0.05, 0) is 0 Å². The van der Waals surface area contributed by atoms with E-state index in [0.29, 0.717) is 0 Å². The van der Waals surface area contributed by atoms with E-state index in [1.54, 1.807) is 0 Å². The van der Waals surface area contributed by atoms with Crippen LogP contribution in [0, 0.1) is 0 Å². The second-order valence-corrected chi connectivity index (χ2v) is 4.27. The lowest BCUT2D eigenvalue weighted by Gasteiger charge is -2.24. The van der Waals surface area contributed by atoms with E-state index >= 15 is 0 Å². The first-order valence-electron chi connectivity index (χ1n) is 2.87. The van der Waals surface area contributed by atoms with E-state index in [2.05, 4.69) is 0 Å². The van der Waals surface area contributed by atoms with Crippen molar-refractivity contribution in [3.05, 3.63) is 20.1 Å². The van der Waals surface area contributed by atoms with Crippen LogP contribution in [0.1, 0.15) is 0 Å². The zero-order valence-corrected chi connectivity index (χ0v) is 9.52. The Kier molecular flexibility index (Phi) is 3.23. The van der Waals surface area contributed by atoms with Crippen molar-refractivity contribution in [3.8, 4) is 0 Å². The van der Waals surface area contributed by atoms with Crippen LogP contribution in [0.2, 0.25) is 0 Å². The maximum atomic E-state index is 11.1. The van der Waals surface area contributed by atoms with Gasteiger partial charge in [-0.2, -0.15) is 0 Å². The number of carbonyl (C=O) groups is 1. The molecule has 0 amide bonds. The highest BCUT2D eigenvalue weighted by Crippen LogP contribution is 2.45. The first kappa shape index (κ1) is 11.6. The smallest absolute Gasteiger partial charge is 0.218 e. The number of halogens is 5. The molecule has 72 valence electrons. The summed E-state index contributed by atoms with van der Waals surface area (Å²) in [7, 11) is 0. The second-order valence-electron chi connectivity index (χ2n) is 2.21. The topological polar surface area (TPSA) is 37.3 Å². The van der Waals surface area contributed by atoms with E-state index < -0.39 is 31.0 Å². The predicted octanol–water partition coefficient (Wildman–Crippen LogP) is 2.87. The summed E-state index contributed by atoms with van der Waals surface area (Å²) in [4.78, 5) is 11.1. The van der Waals surface area contributed by atoms with Gasteiger partial charge in [-0.25, -0.2) is 0 Å². The van der Waals surface area contributed by atoms with Gasteiger partial charge in [-0.3, -0.25) is 4.79 Å². The van der Waals surface area contributed by atoms with Gasteiger partial charge in [0.05, 0.1) is 10.1 Å². The van der Waals surface area contributed by atoms with Crippen molar-refractivity contribution in [1.29, 1.82) is 0 Å². The van der Waals surface area contributed by atoms with Crippen LogP contribution in [0.3, 0.4) is 0 Å². The van der Waals surface area contributed by atoms with Crippen molar-refractivity contribution in [2.24, 2.45) is 0 Å². The zero-order chi connectivity index (χ0) is 10.4. The number of ketones is 1. The van der Waals surface area contributed by atoms with E-state index in [-0.39, 0.29) is 0 Å². The molecule has 0 aromatic rings. The zero-order valence-electron chi connectivity index (χ0n) is 5.75. The Morgan fingerprint density at radius 1 is 1.00 bits per heavy atom. The number of Topliss-reactive ketones (excluding diaryl/α,β-unsaturated/α-hetero) is 1. The maximum Gasteiger partial charge on any atom is 0.218 e. The summed E-state index contributed by atoms with van der Waals surface area (Å²) in [5, 5.41) is 5.46. The van der Waals surface area contributed by atoms with Gasteiger partial charge < -0.3 is 5.11 Å². The van der Waals surface area contributed by atoms with Crippen molar-refractivity contribution in [2.45, 2.75) is 5.06 Å². The third-order valence-corrected chi connectivity index (χ3v) is 3.78. The molecule has 0 radical (unpaired) electrons. The number of hydrogen-bond acceptors (Lipinski definition) is 2. The normalized spacial score (nSPS) is 22.8. The molecular formula is C6HCl5O2. The lowest BCUT2D eigenvalue weighted by atomic mass is 10.1. The summed E-state index contributed by atoms with van der Waals surface area (Å²) in [6, 6.07) is 0. The van der Waals surface area contributed by atoms with Crippen LogP contribution in [-0.4, -0.2) is 16.0 Å². The Labute approximate surface area is 98.7 Å². The lowest BCUT2D eigenvalue weighted by molar-refractivity contribution is -0.111. The van der Waals surface area contributed by atoms with Crippen LogP contribution >= 0.6 is 58.0 Å². The SMILES string of the molecule is O=C1C(Cl)=C(Cl)C(O)(Cl)C(Cl)=C1Cl. The first-order chi connectivity index (χ1) is 5.80. The molecule has 0 spiro atoms. The molecule has 0 saturated carbocycles. The van der Waals surface area contributed by atoms with Gasteiger partial charge in [0.25, 0.3) is 0 Å². The highest BCUT2D eigenvalue weighted by molar-refractivity contribution is 6.63. The molecule has 1 aliphatic rings. The molecule has 0 fully saturated rings. The molecule has 0 heterocycles. The Balaban J connectivity index is 3.39. The average Bonchev–Trinajstić information content (AvgIpc) is 2.09. The fraction of sp³-hybridized carbons (Fsp3) is 0.167. The molecule has 0 saturated heterocycles. The van der Waals surface area contributed by atoms with E-state index in [1.165, 1.54) is 0 Å². The Hall–Kier alpha value is 0.560. The number of carbonyl (C=O) groups excluding carboxylic acids is 1. The van der Waals surface area contributed by atoms with E-state index in [4.69, 9.17) is 58.0 Å². The average molecular weight is 282 g/mol. The first-order valence-corrected chi connectivity index (χ1v) is 4.76. The Bertz CT molecular complexity index is 311. The molecular weight excluding hydrogens is 281 g/mol. The standard InChI is InChI=1S/C6HCl5O2/c7-1-3(12)2(8)5(10)6(11,13)4(1)9/h13H. The van der Waals surface area contributed by atoms with Crippen LogP contribution < -0.4 is 0 Å². The minimum Gasteiger partial charge on any atom is -0.366 e. The summed E-state index contributed by atoms with van der Waals surface area (Å²) >= 11 is 27.3. The number of hydrogen-bond donors (Lipinski definition) is 1. The molecule has 0 atom stereocenters. The Morgan fingerprint density at radius 2 is 1.31 bits per heavy atom. The highest BCUT2D eigenvalue weighted by Gasteiger charge is 2.43. The molecule has 7 heteroatoms. The molecule has 0 unspecified atom stereocenters. The Morgan fingerprint density at radius 3 is 1.62 bits per heavy atom. The quantitative estimate of drug-likeness (QED) is 0.694. The second kappa shape index (κ2) is 3.61. The molecule has 0 aromatic carbocycles. The van der Waals surface area contributed by atoms with Gasteiger partial charge in [0.15, 0.2) is 0 Å². The number of alkyl halides is 1. The van der Waals surface area contributed by atoms with Gasteiger partial charge in [-0.15, -0.1) is 0 Å². The van der Waals surface area contributed by atoms with Crippen LogP contribution in [0.5, 0.6) is 0 Å². The van der Waals surface area contributed by atoms with Crippen LogP contribution in [0.15, 0.2) is 20.1 Å². The van der Waals surface area contributed by atoms with Gasteiger partial charge in [0.2, 0.25) is 10.8 Å². The lowest BCUT2D eigenvalue weighted by Crippen LogP contribution is -2.29. The van der Waals surface area contributed by atoms with Crippen molar-refractivity contribution >= 4 is 63.8 Å². The maximum absolute atomic E-state index is 11.1. The van der Waals surface area contributed by atoms with Gasteiger partial charge in [0, 0.05) is 0 Å². The van der Waals surface area contributed by atoms with Gasteiger partial charge in [0.1, 0.15) is 10.1 Å². The van der Waals surface area contributed by atoms with Crippen molar-refractivity contribution in [3.63, 3.8) is 0 Å². The van der Waals surface area contributed by atoms with E-state index in [0.717, 1.165) is 0 Å². The molecule has 0 aliphatic heterocycles. The predicted molar refractivity (Wildman–Crippen MR) is 53.3 cm³/mol. The fourth-order valence-electron chi connectivity index (χ4n) is 0.683. The van der Waals surface area contributed by atoms with Crippen molar-refractivity contribution in [2.75, 3.05) is 0 Å². The fourth-order valence-corrected chi connectivity index (χ4v) is 1.89. The minimum absolute atomic E-state index is 0.437. The summed E-state index contributed by atoms with van der Waals surface area (Å²) in [5.74, 6) is -0.761. The molecule has 0 bridgehead atoms. The summed E-state index contributed by atoms with van der Waals surface area (Å²) in [6.07, 6.45) is 0. The largest absolute Gasteiger partial charge is 0.366 e. The van der Waals surface area contributed by atoms with Gasteiger partial charge >= 0.3 is 0 Å². The van der Waals surface area contributed by atoms with Gasteiger partial charge in [-0.1, -0.05) is 58.0 Å². The van der Waals surface area contributed by atoms with E-state index in [9.17, 15) is 9.90 Å².